The van der Waals surface area contributed by atoms with Crippen LogP contribution < -0.4 is 33.0 Å². The average molecular weight is 617 g/mol. The Hall–Kier alpha value is -3.12. The first-order valence-corrected chi connectivity index (χ1v) is 14.7. The standard InChI is InChI=1S/C31H44N6O5.ClH/c1-19(32-5)29(40)33-28(31(2,3)4)30(41)34-36-14-12-20(13-15-36)18-23-35(6)24-25(37(23)16-17-42-7)27(39)22-11-9-8-10-21(22)26(24)38;/h8-11,19-20,28,32H,12-18H2,1-7H3,(H-,33,34,40,41);1H/t19-,28+;/m0./s1. The molecule has 1 aliphatic heterocycles. The van der Waals surface area contributed by atoms with Crippen LogP contribution in [0.2, 0.25) is 0 Å². The zero-order valence-electron chi connectivity index (χ0n) is 26.3. The van der Waals surface area contributed by atoms with E-state index in [1.54, 1.807) is 45.3 Å². The predicted molar refractivity (Wildman–Crippen MR) is 157 cm³/mol. The van der Waals surface area contributed by atoms with Gasteiger partial charge in [0.25, 0.3) is 11.7 Å². The van der Waals surface area contributed by atoms with Gasteiger partial charge in [-0.25, -0.2) is 14.1 Å². The number of fused-ring (bicyclic) bond motifs is 2. The first-order valence-electron chi connectivity index (χ1n) is 14.7. The monoisotopic (exact) mass is 616 g/mol. The van der Waals surface area contributed by atoms with Crippen LogP contribution in [-0.2, 0) is 34.3 Å². The fourth-order valence-electron chi connectivity index (χ4n) is 5.82. The first kappa shape index (κ1) is 34.4. The van der Waals surface area contributed by atoms with Crippen LogP contribution in [0.1, 0.15) is 78.5 Å². The molecule has 1 fully saturated rings. The Bertz CT molecular complexity index is 1360. The Morgan fingerprint density at radius 2 is 1.67 bits per heavy atom. The molecule has 1 aromatic carbocycles. The molecule has 0 saturated carbocycles. The lowest BCUT2D eigenvalue weighted by molar-refractivity contribution is -0.681. The maximum Gasteiger partial charge on any atom is 0.257 e. The third kappa shape index (κ3) is 7.17. The van der Waals surface area contributed by atoms with Crippen LogP contribution >= 0.6 is 0 Å². The number of carbonyl (C=O) groups is 4. The third-order valence-corrected chi connectivity index (χ3v) is 8.49. The summed E-state index contributed by atoms with van der Waals surface area (Å²) < 4.78 is 9.21. The van der Waals surface area contributed by atoms with Gasteiger partial charge in [-0.1, -0.05) is 45.0 Å². The average Bonchev–Trinajstić information content (AvgIpc) is 3.24. The van der Waals surface area contributed by atoms with Gasteiger partial charge in [0.15, 0.2) is 0 Å². The Balaban J connectivity index is 0.00000506. The minimum Gasteiger partial charge on any atom is -1.00 e. The van der Waals surface area contributed by atoms with E-state index < -0.39 is 17.5 Å². The Kier molecular flexibility index (Phi) is 11.3. The molecule has 11 nitrogen and oxygen atoms in total. The SMILES string of the molecule is CN[C@@H](C)C(=O)N[C@H](C(=O)NN1CCC(Cc2n(CCOC)c3c([n+]2C)C(=O)c2ccccc2C3=O)CC1)C(C)(C)C.[Cl-]. The highest BCUT2D eigenvalue weighted by Crippen LogP contribution is 2.29. The van der Waals surface area contributed by atoms with Crippen molar-refractivity contribution in [3.05, 3.63) is 52.6 Å². The third-order valence-electron chi connectivity index (χ3n) is 8.49. The van der Waals surface area contributed by atoms with Gasteiger partial charge in [0.05, 0.1) is 26.1 Å². The fraction of sp³-hybridized carbons (Fsp3) is 0.581. The summed E-state index contributed by atoms with van der Waals surface area (Å²) in [7, 11) is 5.19. The molecule has 0 spiro atoms. The molecule has 2 aromatic rings. The van der Waals surface area contributed by atoms with E-state index >= 15 is 0 Å². The minimum atomic E-state index is -0.688. The van der Waals surface area contributed by atoms with Gasteiger partial charge in [0, 0.05) is 31.3 Å². The second-order valence-corrected chi connectivity index (χ2v) is 12.4. The molecule has 4 rings (SSSR count). The normalized spacial score (nSPS) is 17.0. The van der Waals surface area contributed by atoms with Crippen LogP contribution in [0.3, 0.4) is 0 Å². The molecule has 2 aliphatic rings. The van der Waals surface area contributed by atoms with E-state index in [2.05, 4.69) is 16.1 Å². The highest BCUT2D eigenvalue weighted by Gasteiger charge is 2.43. The van der Waals surface area contributed by atoms with Crippen molar-refractivity contribution in [2.24, 2.45) is 18.4 Å². The Morgan fingerprint density at radius 1 is 1.07 bits per heavy atom. The van der Waals surface area contributed by atoms with Crippen LogP contribution in [-0.4, -0.2) is 78.9 Å². The number of likely N-dealkylation sites (N-methyl/N-ethyl adjacent to an activating group) is 1. The molecule has 12 heteroatoms. The van der Waals surface area contributed by atoms with Crippen LogP contribution in [0.5, 0.6) is 0 Å². The summed E-state index contributed by atoms with van der Waals surface area (Å²) in [5.41, 5.74) is 4.29. The number of hydrogen-bond donors (Lipinski definition) is 3. The van der Waals surface area contributed by atoms with Crippen molar-refractivity contribution in [3.8, 4) is 0 Å². The molecule has 0 radical (unpaired) electrons. The lowest BCUT2D eigenvalue weighted by Crippen LogP contribution is -3.00. The number of nitrogens with one attached hydrogen (secondary N) is 3. The summed E-state index contributed by atoms with van der Waals surface area (Å²) in [5, 5.41) is 7.72. The van der Waals surface area contributed by atoms with Gasteiger partial charge in [-0.05, 0) is 38.1 Å². The summed E-state index contributed by atoms with van der Waals surface area (Å²) in [5.74, 6) is 0.481. The van der Waals surface area contributed by atoms with Crippen LogP contribution in [0.4, 0.5) is 0 Å². The van der Waals surface area contributed by atoms with Crippen molar-refractivity contribution in [1.29, 1.82) is 0 Å². The van der Waals surface area contributed by atoms with Gasteiger partial charge in [-0.3, -0.25) is 24.6 Å². The summed E-state index contributed by atoms with van der Waals surface area (Å²) in [4.78, 5) is 52.9. The number of aromatic nitrogens is 2. The number of halogens is 1. The predicted octanol–water partition coefficient (Wildman–Crippen LogP) is -1.84. The van der Waals surface area contributed by atoms with Crippen molar-refractivity contribution >= 4 is 23.4 Å². The maximum atomic E-state index is 13.6. The Labute approximate surface area is 260 Å². The number of piperidine rings is 1. The molecule has 43 heavy (non-hydrogen) atoms. The number of ether oxygens (including phenoxy) is 1. The van der Waals surface area contributed by atoms with Gasteiger partial charge in [0.1, 0.15) is 12.6 Å². The van der Waals surface area contributed by atoms with E-state index in [9.17, 15) is 19.2 Å². The first-order chi connectivity index (χ1) is 19.9. The van der Waals surface area contributed by atoms with Gasteiger partial charge in [-0.2, -0.15) is 0 Å². The summed E-state index contributed by atoms with van der Waals surface area (Å²) in [6.45, 7) is 9.74. The second-order valence-electron chi connectivity index (χ2n) is 12.4. The van der Waals surface area contributed by atoms with Crippen molar-refractivity contribution < 1.29 is 40.9 Å². The maximum absolute atomic E-state index is 13.6. The number of amides is 2. The van der Waals surface area contributed by atoms with Crippen LogP contribution in [0.25, 0.3) is 0 Å². The van der Waals surface area contributed by atoms with E-state index in [0.717, 1.165) is 18.7 Å². The van der Waals surface area contributed by atoms with Crippen molar-refractivity contribution in [2.45, 2.75) is 65.6 Å². The number of imidazole rings is 1. The van der Waals surface area contributed by atoms with Crippen molar-refractivity contribution in [3.63, 3.8) is 0 Å². The zero-order chi connectivity index (χ0) is 30.8. The largest absolute Gasteiger partial charge is 1.00 e. The molecule has 1 saturated heterocycles. The van der Waals surface area contributed by atoms with Crippen molar-refractivity contribution in [2.75, 3.05) is 33.9 Å². The molecule has 1 aliphatic carbocycles. The number of carbonyl (C=O) groups excluding carboxylic acids is 4. The molecule has 2 atom stereocenters. The van der Waals surface area contributed by atoms with E-state index in [-0.39, 0.29) is 35.8 Å². The highest BCUT2D eigenvalue weighted by molar-refractivity contribution is 6.26. The van der Waals surface area contributed by atoms with Gasteiger partial charge >= 0.3 is 0 Å². The Morgan fingerprint density at radius 3 is 2.23 bits per heavy atom. The molecule has 0 bridgehead atoms. The lowest BCUT2D eigenvalue weighted by Gasteiger charge is -2.36. The lowest BCUT2D eigenvalue weighted by atomic mass is 9.86. The molecular formula is C31H45ClN6O5. The summed E-state index contributed by atoms with van der Waals surface area (Å²) in [6.07, 6.45) is 2.34. The van der Waals surface area contributed by atoms with E-state index in [1.165, 1.54) is 0 Å². The molecule has 2 heterocycles. The minimum absolute atomic E-state index is 0. The van der Waals surface area contributed by atoms with Gasteiger partial charge < -0.3 is 27.8 Å². The molecular weight excluding hydrogens is 572 g/mol. The van der Waals surface area contributed by atoms with Crippen LogP contribution in [0, 0.1) is 11.3 Å². The number of hydrazine groups is 1. The zero-order valence-corrected chi connectivity index (χ0v) is 27.0. The van der Waals surface area contributed by atoms with Gasteiger partial charge in [-0.15, -0.1) is 0 Å². The van der Waals surface area contributed by atoms with E-state index in [1.807, 2.05) is 42.0 Å². The summed E-state index contributed by atoms with van der Waals surface area (Å²) in [6, 6.07) is 5.90. The summed E-state index contributed by atoms with van der Waals surface area (Å²) >= 11 is 0. The van der Waals surface area contributed by atoms with E-state index in [4.69, 9.17) is 4.74 Å². The number of hydrogen-bond acceptors (Lipinski definition) is 7. The molecule has 0 unspecified atom stereocenters. The number of benzene rings is 1. The second kappa shape index (κ2) is 14.1. The number of nitrogens with zero attached hydrogens (tertiary/aromatic N) is 3. The molecule has 236 valence electrons. The number of ketones is 2. The molecule has 2 amide bonds. The smallest absolute Gasteiger partial charge is 0.257 e. The highest BCUT2D eigenvalue weighted by atomic mass is 35.5. The van der Waals surface area contributed by atoms with Gasteiger partial charge in [0.2, 0.25) is 28.9 Å². The number of methoxy groups -OCH3 is 1. The number of rotatable bonds is 10. The molecule has 3 N–H and O–H groups in total. The van der Waals surface area contributed by atoms with E-state index in [0.29, 0.717) is 61.1 Å². The van der Waals surface area contributed by atoms with Crippen molar-refractivity contribution in [1.82, 2.24) is 25.6 Å². The fourth-order valence-corrected chi connectivity index (χ4v) is 5.82. The van der Waals surface area contributed by atoms with Crippen LogP contribution in [0.15, 0.2) is 24.3 Å². The molecule has 1 aromatic heterocycles. The topological polar surface area (TPSA) is 126 Å². The quantitative estimate of drug-likeness (QED) is 0.229.